The zero-order valence-electron chi connectivity index (χ0n) is 8.00. The van der Waals surface area contributed by atoms with E-state index in [0.717, 1.165) is 16.5 Å². The molecule has 78 valence electrons. The van der Waals surface area contributed by atoms with Gasteiger partial charge in [0.15, 0.2) is 0 Å². The Balaban J connectivity index is 2.14. The molecular weight excluding hydrogens is 258 g/mol. The SMILES string of the molecule is NC(=O)CC(=O)C1Cc2cc(Br)ccc21. The van der Waals surface area contributed by atoms with Gasteiger partial charge >= 0.3 is 0 Å². The van der Waals surface area contributed by atoms with Crippen LogP contribution in [-0.4, -0.2) is 11.7 Å². The van der Waals surface area contributed by atoms with Crippen molar-refractivity contribution in [1.29, 1.82) is 0 Å². The molecule has 1 aliphatic carbocycles. The number of fused-ring (bicyclic) bond motifs is 1. The van der Waals surface area contributed by atoms with Gasteiger partial charge in [-0.1, -0.05) is 22.0 Å². The molecule has 0 aliphatic heterocycles. The van der Waals surface area contributed by atoms with Crippen LogP contribution in [0.5, 0.6) is 0 Å². The number of Topliss-reactive ketones (excluding diaryl/α,β-unsaturated/α-hetero) is 1. The molecule has 1 aromatic carbocycles. The summed E-state index contributed by atoms with van der Waals surface area (Å²) in [5.41, 5.74) is 7.19. The third kappa shape index (κ3) is 1.95. The van der Waals surface area contributed by atoms with Crippen molar-refractivity contribution in [3.63, 3.8) is 0 Å². The molecular formula is C11H10BrNO2. The molecule has 0 fully saturated rings. The van der Waals surface area contributed by atoms with E-state index < -0.39 is 5.91 Å². The van der Waals surface area contributed by atoms with Crippen molar-refractivity contribution >= 4 is 27.6 Å². The lowest BCUT2D eigenvalue weighted by Gasteiger charge is -2.28. The summed E-state index contributed by atoms with van der Waals surface area (Å²) < 4.78 is 1.02. The van der Waals surface area contributed by atoms with E-state index in [0.29, 0.717) is 0 Å². The van der Waals surface area contributed by atoms with Gasteiger partial charge in [-0.05, 0) is 29.7 Å². The van der Waals surface area contributed by atoms with Crippen LogP contribution in [0.2, 0.25) is 0 Å². The molecule has 1 aromatic rings. The molecule has 2 rings (SSSR count). The van der Waals surface area contributed by atoms with Gasteiger partial charge in [0, 0.05) is 10.4 Å². The van der Waals surface area contributed by atoms with Crippen LogP contribution in [-0.2, 0) is 16.0 Å². The van der Waals surface area contributed by atoms with Crippen LogP contribution < -0.4 is 5.73 Å². The van der Waals surface area contributed by atoms with Crippen LogP contribution in [0.25, 0.3) is 0 Å². The Bertz CT molecular complexity index is 442. The number of halogens is 1. The van der Waals surface area contributed by atoms with E-state index in [4.69, 9.17) is 5.73 Å². The van der Waals surface area contributed by atoms with Crippen molar-refractivity contribution < 1.29 is 9.59 Å². The Morgan fingerprint density at radius 1 is 1.47 bits per heavy atom. The lowest BCUT2D eigenvalue weighted by atomic mass is 9.74. The van der Waals surface area contributed by atoms with Gasteiger partial charge in [0.1, 0.15) is 5.78 Å². The highest BCUT2D eigenvalue weighted by atomic mass is 79.9. The number of rotatable bonds is 3. The Kier molecular flexibility index (Phi) is 2.61. The zero-order chi connectivity index (χ0) is 11.0. The van der Waals surface area contributed by atoms with E-state index in [1.54, 1.807) is 0 Å². The summed E-state index contributed by atoms with van der Waals surface area (Å²) >= 11 is 3.37. The molecule has 0 aromatic heterocycles. The minimum atomic E-state index is -0.550. The van der Waals surface area contributed by atoms with Crippen LogP contribution >= 0.6 is 15.9 Å². The van der Waals surface area contributed by atoms with Gasteiger partial charge in [-0.2, -0.15) is 0 Å². The first-order chi connectivity index (χ1) is 7.08. The Labute approximate surface area is 95.8 Å². The minimum Gasteiger partial charge on any atom is -0.369 e. The topological polar surface area (TPSA) is 60.2 Å². The molecule has 0 radical (unpaired) electrons. The first-order valence-electron chi connectivity index (χ1n) is 4.67. The van der Waals surface area contributed by atoms with Gasteiger partial charge < -0.3 is 5.73 Å². The van der Waals surface area contributed by atoms with E-state index in [1.807, 2.05) is 18.2 Å². The molecule has 0 bridgehead atoms. The molecule has 0 heterocycles. The summed E-state index contributed by atoms with van der Waals surface area (Å²) in [5.74, 6) is -0.747. The lowest BCUT2D eigenvalue weighted by molar-refractivity contribution is -0.127. The van der Waals surface area contributed by atoms with E-state index in [-0.39, 0.29) is 18.1 Å². The van der Waals surface area contributed by atoms with E-state index >= 15 is 0 Å². The van der Waals surface area contributed by atoms with Crippen molar-refractivity contribution in [3.8, 4) is 0 Å². The van der Waals surface area contributed by atoms with Crippen molar-refractivity contribution in [2.24, 2.45) is 5.73 Å². The van der Waals surface area contributed by atoms with Crippen LogP contribution in [0.15, 0.2) is 22.7 Å². The normalized spacial score (nSPS) is 17.8. The highest BCUT2D eigenvalue weighted by Gasteiger charge is 2.32. The largest absolute Gasteiger partial charge is 0.369 e. The first kappa shape index (κ1) is 10.4. The molecule has 3 nitrogen and oxygen atoms in total. The summed E-state index contributed by atoms with van der Waals surface area (Å²) in [4.78, 5) is 22.2. The molecule has 1 atom stereocenters. The smallest absolute Gasteiger partial charge is 0.224 e. The molecule has 0 spiro atoms. The quantitative estimate of drug-likeness (QED) is 0.845. The average Bonchev–Trinajstić information content (AvgIpc) is 2.08. The second-order valence-corrected chi connectivity index (χ2v) is 4.62. The maximum Gasteiger partial charge on any atom is 0.224 e. The fraction of sp³-hybridized carbons (Fsp3) is 0.273. The van der Waals surface area contributed by atoms with Gasteiger partial charge in [0.05, 0.1) is 6.42 Å². The highest BCUT2D eigenvalue weighted by molar-refractivity contribution is 9.10. The number of carbonyl (C=O) groups excluding carboxylic acids is 2. The predicted octanol–water partition coefficient (Wildman–Crippen LogP) is 1.53. The van der Waals surface area contributed by atoms with Gasteiger partial charge in [0.2, 0.25) is 5.91 Å². The third-order valence-electron chi connectivity index (χ3n) is 2.64. The molecule has 2 N–H and O–H groups in total. The van der Waals surface area contributed by atoms with E-state index in [2.05, 4.69) is 15.9 Å². The lowest BCUT2D eigenvalue weighted by Crippen LogP contribution is -2.28. The molecule has 4 heteroatoms. The predicted molar refractivity (Wildman–Crippen MR) is 59.4 cm³/mol. The standard InChI is InChI=1S/C11H10BrNO2/c12-7-1-2-8-6(3-7)4-9(8)10(14)5-11(13)15/h1-3,9H,4-5H2,(H2,13,15). The van der Waals surface area contributed by atoms with Crippen LogP contribution in [0.3, 0.4) is 0 Å². The number of ketones is 1. The van der Waals surface area contributed by atoms with Crippen LogP contribution in [0.4, 0.5) is 0 Å². The van der Waals surface area contributed by atoms with Gasteiger partial charge in [-0.15, -0.1) is 0 Å². The number of amides is 1. The highest BCUT2D eigenvalue weighted by Crippen LogP contribution is 2.37. The summed E-state index contributed by atoms with van der Waals surface area (Å²) in [6, 6.07) is 5.83. The molecule has 1 unspecified atom stereocenters. The summed E-state index contributed by atoms with van der Waals surface area (Å²) in [6.07, 6.45) is 0.570. The zero-order valence-corrected chi connectivity index (χ0v) is 9.58. The second-order valence-electron chi connectivity index (χ2n) is 3.71. The number of hydrogen-bond acceptors (Lipinski definition) is 2. The Hall–Kier alpha value is -1.16. The fourth-order valence-corrected chi connectivity index (χ4v) is 2.28. The molecule has 0 saturated carbocycles. The summed E-state index contributed by atoms with van der Waals surface area (Å²) in [7, 11) is 0. The van der Waals surface area contributed by atoms with Gasteiger partial charge in [0.25, 0.3) is 0 Å². The Morgan fingerprint density at radius 2 is 2.20 bits per heavy atom. The number of benzene rings is 1. The monoisotopic (exact) mass is 267 g/mol. The van der Waals surface area contributed by atoms with Gasteiger partial charge in [-0.3, -0.25) is 9.59 Å². The number of carbonyl (C=O) groups is 2. The van der Waals surface area contributed by atoms with Crippen molar-refractivity contribution in [3.05, 3.63) is 33.8 Å². The summed E-state index contributed by atoms with van der Waals surface area (Å²) in [6.45, 7) is 0. The van der Waals surface area contributed by atoms with Gasteiger partial charge in [-0.25, -0.2) is 0 Å². The summed E-state index contributed by atoms with van der Waals surface area (Å²) in [5, 5.41) is 0. The second kappa shape index (κ2) is 3.77. The first-order valence-corrected chi connectivity index (χ1v) is 5.46. The fourth-order valence-electron chi connectivity index (χ4n) is 1.87. The maximum absolute atomic E-state index is 11.6. The number of primary amides is 1. The minimum absolute atomic E-state index is 0.0719. The number of nitrogens with two attached hydrogens (primary N) is 1. The van der Waals surface area contributed by atoms with Crippen molar-refractivity contribution in [2.75, 3.05) is 0 Å². The third-order valence-corrected chi connectivity index (χ3v) is 3.13. The van der Waals surface area contributed by atoms with E-state index in [9.17, 15) is 9.59 Å². The van der Waals surface area contributed by atoms with Crippen LogP contribution in [0.1, 0.15) is 23.5 Å². The number of hydrogen-bond donors (Lipinski definition) is 1. The Morgan fingerprint density at radius 3 is 2.80 bits per heavy atom. The molecule has 1 aliphatic rings. The van der Waals surface area contributed by atoms with E-state index in [1.165, 1.54) is 5.56 Å². The maximum atomic E-state index is 11.6. The average molecular weight is 268 g/mol. The van der Waals surface area contributed by atoms with Crippen molar-refractivity contribution in [2.45, 2.75) is 18.8 Å². The van der Waals surface area contributed by atoms with Crippen LogP contribution in [0, 0.1) is 0 Å². The molecule has 1 amide bonds. The molecule has 15 heavy (non-hydrogen) atoms. The van der Waals surface area contributed by atoms with Crippen molar-refractivity contribution in [1.82, 2.24) is 0 Å². The molecule has 0 saturated heterocycles.